The zero-order valence-corrected chi connectivity index (χ0v) is 12.6. The predicted molar refractivity (Wildman–Crippen MR) is 85.2 cm³/mol. The molecule has 1 N–H and O–H groups in total. The van der Waals surface area contributed by atoms with E-state index in [0.717, 1.165) is 25.3 Å². The van der Waals surface area contributed by atoms with E-state index >= 15 is 0 Å². The molecule has 20 heavy (non-hydrogen) atoms. The number of benzene rings is 2. The first-order valence-electron chi connectivity index (χ1n) is 7.20. The highest BCUT2D eigenvalue weighted by Crippen LogP contribution is 2.29. The van der Waals surface area contributed by atoms with Crippen LogP contribution in [0.4, 0.5) is 0 Å². The predicted octanol–water partition coefficient (Wildman–Crippen LogP) is 4.17. The van der Waals surface area contributed by atoms with Crippen LogP contribution in [0.25, 0.3) is 11.1 Å². The number of nitrogens with one attached hydrogen (secondary N) is 1. The first-order chi connectivity index (χ1) is 9.76. The molecule has 0 aliphatic carbocycles. The molecular weight excluding hydrogens is 246 g/mol. The van der Waals surface area contributed by atoms with Gasteiger partial charge in [0.2, 0.25) is 0 Å². The molecule has 0 aliphatic rings. The summed E-state index contributed by atoms with van der Waals surface area (Å²) < 4.78 is 5.28. The lowest BCUT2D eigenvalue weighted by Crippen LogP contribution is -2.14. The van der Waals surface area contributed by atoms with E-state index in [1.165, 1.54) is 22.3 Å². The Hall–Kier alpha value is -1.80. The fourth-order valence-electron chi connectivity index (χ4n) is 2.40. The van der Waals surface area contributed by atoms with Crippen molar-refractivity contribution in [1.82, 2.24) is 5.32 Å². The van der Waals surface area contributed by atoms with Crippen LogP contribution in [0.2, 0.25) is 0 Å². The van der Waals surface area contributed by atoms with Crippen molar-refractivity contribution >= 4 is 0 Å². The molecule has 0 aliphatic heterocycles. The van der Waals surface area contributed by atoms with Crippen LogP contribution >= 0.6 is 0 Å². The molecule has 0 unspecified atom stereocenters. The third-order valence-electron chi connectivity index (χ3n) is 3.48. The highest BCUT2D eigenvalue weighted by molar-refractivity contribution is 5.71. The lowest BCUT2D eigenvalue weighted by molar-refractivity contribution is 0.414. The van der Waals surface area contributed by atoms with Gasteiger partial charge in [-0.25, -0.2) is 0 Å². The third-order valence-corrected chi connectivity index (χ3v) is 3.48. The Morgan fingerprint density at radius 2 is 1.85 bits per heavy atom. The Labute approximate surface area is 121 Å². The highest BCUT2D eigenvalue weighted by Gasteiger charge is 2.07. The second-order valence-electron chi connectivity index (χ2n) is 5.01. The maximum Gasteiger partial charge on any atom is 0.119 e. The molecule has 0 aromatic heterocycles. The summed E-state index contributed by atoms with van der Waals surface area (Å²) in [4.78, 5) is 0. The topological polar surface area (TPSA) is 21.3 Å². The number of methoxy groups -OCH3 is 1. The summed E-state index contributed by atoms with van der Waals surface area (Å²) in [6, 6.07) is 14.9. The smallest absolute Gasteiger partial charge is 0.119 e. The van der Waals surface area contributed by atoms with E-state index in [-0.39, 0.29) is 0 Å². The van der Waals surface area contributed by atoms with Crippen LogP contribution in [-0.2, 0) is 6.54 Å². The van der Waals surface area contributed by atoms with Crippen LogP contribution in [0, 0.1) is 6.92 Å². The van der Waals surface area contributed by atoms with Crippen molar-refractivity contribution in [2.45, 2.75) is 26.8 Å². The van der Waals surface area contributed by atoms with Gasteiger partial charge in [0, 0.05) is 6.54 Å². The SMILES string of the molecule is CCCNCc1ccccc1-c1ccc(OC)cc1C. The zero-order chi connectivity index (χ0) is 14.4. The van der Waals surface area contributed by atoms with Crippen LogP contribution in [-0.4, -0.2) is 13.7 Å². The van der Waals surface area contributed by atoms with Crippen molar-refractivity contribution in [3.05, 3.63) is 53.6 Å². The molecule has 0 saturated carbocycles. The Balaban J connectivity index is 2.32. The van der Waals surface area contributed by atoms with Crippen molar-refractivity contribution in [1.29, 1.82) is 0 Å². The van der Waals surface area contributed by atoms with Crippen molar-refractivity contribution in [3.63, 3.8) is 0 Å². The molecule has 2 heteroatoms. The summed E-state index contributed by atoms with van der Waals surface area (Å²) in [5.74, 6) is 0.910. The number of hydrogen-bond donors (Lipinski definition) is 1. The van der Waals surface area contributed by atoms with Gasteiger partial charge in [0.1, 0.15) is 5.75 Å². The molecule has 106 valence electrons. The van der Waals surface area contributed by atoms with Gasteiger partial charge in [-0.2, -0.15) is 0 Å². The molecule has 0 saturated heterocycles. The highest BCUT2D eigenvalue weighted by atomic mass is 16.5. The molecule has 0 amide bonds. The van der Waals surface area contributed by atoms with Gasteiger partial charge in [0.25, 0.3) is 0 Å². The largest absolute Gasteiger partial charge is 0.497 e. The Morgan fingerprint density at radius 1 is 1.05 bits per heavy atom. The van der Waals surface area contributed by atoms with E-state index in [4.69, 9.17) is 4.74 Å². The van der Waals surface area contributed by atoms with Crippen LogP contribution < -0.4 is 10.1 Å². The summed E-state index contributed by atoms with van der Waals surface area (Å²) in [7, 11) is 1.71. The molecule has 2 nitrogen and oxygen atoms in total. The second kappa shape index (κ2) is 7.11. The molecule has 0 fully saturated rings. The molecule has 2 rings (SSSR count). The molecular formula is C18H23NO. The quantitative estimate of drug-likeness (QED) is 0.795. The Morgan fingerprint density at radius 3 is 2.55 bits per heavy atom. The van der Waals surface area contributed by atoms with Crippen molar-refractivity contribution in [3.8, 4) is 16.9 Å². The van der Waals surface area contributed by atoms with Gasteiger partial charge >= 0.3 is 0 Å². The molecule has 0 radical (unpaired) electrons. The number of hydrogen-bond acceptors (Lipinski definition) is 2. The van der Waals surface area contributed by atoms with E-state index in [2.05, 4.69) is 55.6 Å². The van der Waals surface area contributed by atoms with E-state index in [0.29, 0.717) is 0 Å². The standard InChI is InChI=1S/C18H23NO/c1-4-11-19-13-15-7-5-6-8-18(15)17-10-9-16(20-3)12-14(17)2/h5-10,12,19H,4,11,13H2,1-3H3. The summed E-state index contributed by atoms with van der Waals surface area (Å²) >= 11 is 0. The molecule has 2 aromatic rings. The maximum absolute atomic E-state index is 5.28. The van der Waals surface area contributed by atoms with Gasteiger partial charge in [-0.05, 0) is 54.3 Å². The average molecular weight is 269 g/mol. The summed E-state index contributed by atoms with van der Waals surface area (Å²) in [5, 5.41) is 3.48. The summed E-state index contributed by atoms with van der Waals surface area (Å²) in [6.45, 7) is 6.28. The van der Waals surface area contributed by atoms with Gasteiger partial charge in [0.05, 0.1) is 7.11 Å². The lowest BCUT2D eigenvalue weighted by atomic mass is 9.96. The van der Waals surface area contributed by atoms with Gasteiger partial charge in [-0.15, -0.1) is 0 Å². The van der Waals surface area contributed by atoms with Crippen molar-refractivity contribution in [2.24, 2.45) is 0 Å². The lowest BCUT2D eigenvalue weighted by Gasteiger charge is -2.13. The fourth-order valence-corrected chi connectivity index (χ4v) is 2.40. The van der Waals surface area contributed by atoms with Gasteiger partial charge in [0.15, 0.2) is 0 Å². The number of aryl methyl sites for hydroxylation is 1. The van der Waals surface area contributed by atoms with E-state index in [9.17, 15) is 0 Å². The summed E-state index contributed by atoms with van der Waals surface area (Å²) in [6.07, 6.45) is 1.16. The zero-order valence-electron chi connectivity index (χ0n) is 12.6. The van der Waals surface area contributed by atoms with Gasteiger partial charge < -0.3 is 10.1 Å². The van der Waals surface area contributed by atoms with Crippen molar-refractivity contribution in [2.75, 3.05) is 13.7 Å². The minimum atomic E-state index is 0.910. The molecule has 0 spiro atoms. The first-order valence-corrected chi connectivity index (χ1v) is 7.20. The minimum absolute atomic E-state index is 0.910. The molecule has 2 aromatic carbocycles. The number of rotatable bonds is 6. The van der Waals surface area contributed by atoms with E-state index < -0.39 is 0 Å². The van der Waals surface area contributed by atoms with Crippen molar-refractivity contribution < 1.29 is 4.74 Å². The molecule has 0 heterocycles. The minimum Gasteiger partial charge on any atom is -0.497 e. The van der Waals surface area contributed by atoms with Gasteiger partial charge in [-0.3, -0.25) is 0 Å². The monoisotopic (exact) mass is 269 g/mol. The Kier molecular flexibility index (Phi) is 5.19. The first kappa shape index (κ1) is 14.6. The fraction of sp³-hybridized carbons (Fsp3) is 0.333. The number of ether oxygens (including phenoxy) is 1. The maximum atomic E-state index is 5.28. The normalized spacial score (nSPS) is 10.6. The van der Waals surface area contributed by atoms with Crippen LogP contribution in [0.1, 0.15) is 24.5 Å². The van der Waals surface area contributed by atoms with Crippen LogP contribution in [0.15, 0.2) is 42.5 Å². The summed E-state index contributed by atoms with van der Waals surface area (Å²) in [5.41, 5.74) is 5.16. The second-order valence-corrected chi connectivity index (χ2v) is 5.01. The molecule has 0 atom stereocenters. The Bertz CT molecular complexity index is 563. The van der Waals surface area contributed by atoms with Crippen LogP contribution in [0.3, 0.4) is 0 Å². The molecule has 0 bridgehead atoms. The average Bonchev–Trinajstić information content (AvgIpc) is 2.48. The van der Waals surface area contributed by atoms with E-state index in [1.807, 2.05) is 6.07 Å². The van der Waals surface area contributed by atoms with Crippen LogP contribution in [0.5, 0.6) is 5.75 Å². The third kappa shape index (κ3) is 3.40. The van der Waals surface area contributed by atoms with E-state index in [1.54, 1.807) is 7.11 Å². The van der Waals surface area contributed by atoms with Gasteiger partial charge in [-0.1, -0.05) is 37.3 Å².